The average molecular weight is 203 g/mol. The van der Waals surface area contributed by atoms with Gasteiger partial charge < -0.3 is 10.3 Å². The van der Waals surface area contributed by atoms with Gasteiger partial charge in [-0.3, -0.25) is 0 Å². The molecule has 2 aromatic heterocycles. The van der Waals surface area contributed by atoms with Crippen molar-refractivity contribution in [2.45, 2.75) is 32.9 Å². The lowest BCUT2D eigenvalue weighted by Gasteiger charge is -2.09. The molecule has 0 radical (unpaired) electrons. The van der Waals surface area contributed by atoms with Gasteiger partial charge in [0.05, 0.1) is 0 Å². The minimum Gasteiger partial charge on any atom is -0.346 e. The number of aromatic amines is 1. The van der Waals surface area contributed by atoms with E-state index < -0.39 is 0 Å². The van der Waals surface area contributed by atoms with Crippen LogP contribution in [0, 0.1) is 0 Å². The molecule has 1 atom stereocenters. The fourth-order valence-corrected chi connectivity index (χ4v) is 1.59. The number of hydrogen-bond acceptors (Lipinski definition) is 2. The SMILES string of the molecule is CCC(C)NCc1c[nH]c2ncccc12. The Morgan fingerprint density at radius 2 is 2.40 bits per heavy atom. The lowest BCUT2D eigenvalue weighted by atomic mass is 10.2. The van der Waals surface area contributed by atoms with Gasteiger partial charge in [0, 0.05) is 30.4 Å². The summed E-state index contributed by atoms with van der Waals surface area (Å²) in [6.45, 7) is 5.29. The van der Waals surface area contributed by atoms with E-state index in [1.54, 1.807) is 0 Å². The summed E-state index contributed by atoms with van der Waals surface area (Å²) in [7, 11) is 0. The first-order valence-electron chi connectivity index (χ1n) is 5.45. The number of H-pyrrole nitrogens is 1. The molecule has 3 heteroatoms. The summed E-state index contributed by atoms with van der Waals surface area (Å²) in [6, 6.07) is 4.64. The largest absolute Gasteiger partial charge is 0.346 e. The van der Waals surface area contributed by atoms with Crippen molar-refractivity contribution in [3.05, 3.63) is 30.1 Å². The fourth-order valence-electron chi connectivity index (χ4n) is 1.59. The third-order valence-corrected chi connectivity index (χ3v) is 2.79. The summed E-state index contributed by atoms with van der Waals surface area (Å²) in [5, 5.41) is 4.70. The molecule has 0 saturated heterocycles. The molecule has 2 heterocycles. The third kappa shape index (κ3) is 2.18. The van der Waals surface area contributed by atoms with Crippen molar-refractivity contribution >= 4 is 11.0 Å². The Morgan fingerprint density at radius 1 is 1.53 bits per heavy atom. The van der Waals surface area contributed by atoms with Crippen molar-refractivity contribution in [3.63, 3.8) is 0 Å². The van der Waals surface area contributed by atoms with Crippen LogP contribution < -0.4 is 5.32 Å². The van der Waals surface area contributed by atoms with Gasteiger partial charge in [-0.25, -0.2) is 4.98 Å². The molecule has 3 nitrogen and oxygen atoms in total. The number of aromatic nitrogens is 2. The molecule has 15 heavy (non-hydrogen) atoms. The summed E-state index contributed by atoms with van der Waals surface area (Å²) < 4.78 is 0. The number of fused-ring (bicyclic) bond motifs is 1. The maximum atomic E-state index is 4.27. The van der Waals surface area contributed by atoms with Crippen molar-refractivity contribution in [1.29, 1.82) is 0 Å². The quantitative estimate of drug-likeness (QED) is 0.801. The summed E-state index contributed by atoms with van der Waals surface area (Å²) in [6.07, 6.45) is 5.00. The van der Waals surface area contributed by atoms with Gasteiger partial charge in [0.2, 0.25) is 0 Å². The minimum absolute atomic E-state index is 0.562. The monoisotopic (exact) mass is 203 g/mol. The van der Waals surface area contributed by atoms with E-state index in [9.17, 15) is 0 Å². The van der Waals surface area contributed by atoms with Crippen molar-refractivity contribution < 1.29 is 0 Å². The molecule has 0 aliphatic rings. The molecular weight excluding hydrogens is 186 g/mol. The zero-order valence-electron chi connectivity index (χ0n) is 9.25. The van der Waals surface area contributed by atoms with Gasteiger partial charge in [-0.2, -0.15) is 0 Å². The smallest absolute Gasteiger partial charge is 0.137 e. The summed E-state index contributed by atoms with van der Waals surface area (Å²) >= 11 is 0. The second kappa shape index (κ2) is 4.45. The Morgan fingerprint density at radius 3 is 3.20 bits per heavy atom. The molecule has 0 aliphatic heterocycles. The second-order valence-corrected chi connectivity index (χ2v) is 3.90. The number of pyridine rings is 1. The van der Waals surface area contributed by atoms with Gasteiger partial charge in [0.15, 0.2) is 0 Å². The molecule has 80 valence electrons. The molecule has 0 amide bonds. The lowest BCUT2D eigenvalue weighted by molar-refractivity contribution is 0.535. The zero-order chi connectivity index (χ0) is 10.7. The van der Waals surface area contributed by atoms with Crippen LogP contribution >= 0.6 is 0 Å². The van der Waals surface area contributed by atoms with Gasteiger partial charge in [-0.1, -0.05) is 6.92 Å². The fraction of sp³-hybridized carbons (Fsp3) is 0.417. The normalized spacial score (nSPS) is 13.2. The van der Waals surface area contributed by atoms with E-state index in [0.717, 1.165) is 18.6 Å². The summed E-state index contributed by atoms with van der Waals surface area (Å²) in [5.41, 5.74) is 2.26. The molecule has 0 bridgehead atoms. The molecule has 2 rings (SSSR count). The molecule has 0 aromatic carbocycles. The molecular formula is C12H17N3. The highest BCUT2D eigenvalue weighted by Crippen LogP contribution is 2.15. The van der Waals surface area contributed by atoms with Gasteiger partial charge in [-0.05, 0) is 31.0 Å². The topological polar surface area (TPSA) is 40.7 Å². The number of rotatable bonds is 4. The molecule has 2 aromatic rings. The van der Waals surface area contributed by atoms with Crippen molar-refractivity contribution in [1.82, 2.24) is 15.3 Å². The Kier molecular flexibility index (Phi) is 3.02. The van der Waals surface area contributed by atoms with E-state index in [4.69, 9.17) is 0 Å². The minimum atomic E-state index is 0.562. The Bertz CT molecular complexity index is 433. The van der Waals surface area contributed by atoms with Crippen molar-refractivity contribution in [3.8, 4) is 0 Å². The van der Waals surface area contributed by atoms with E-state index in [1.807, 2.05) is 18.5 Å². The predicted octanol–water partition coefficient (Wildman–Crippen LogP) is 2.45. The first-order chi connectivity index (χ1) is 7.31. The lowest BCUT2D eigenvalue weighted by Crippen LogP contribution is -2.24. The summed E-state index contributed by atoms with van der Waals surface area (Å²) in [4.78, 5) is 7.44. The van der Waals surface area contributed by atoms with E-state index >= 15 is 0 Å². The van der Waals surface area contributed by atoms with Crippen LogP contribution in [0.2, 0.25) is 0 Å². The summed E-state index contributed by atoms with van der Waals surface area (Å²) in [5.74, 6) is 0. The molecule has 0 fully saturated rings. The van der Waals surface area contributed by atoms with Crippen LogP contribution in [0.5, 0.6) is 0 Å². The standard InChI is InChI=1S/C12H17N3/c1-3-9(2)14-7-10-8-15-12-11(10)5-4-6-13-12/h4-6,8-9,14H,3,7H2,1-2H3,(H,13,15). The van der Waals surface area contributed by atoms with Crippen LogP contribution in [0.25, 0.3) is 11.0 Å². The Labute approximate surface area is 89.9 Å². The molecule has 1 unspecified atom stereocenters. The maximum Gasteiger partial charge on any atom is 0.137 e. The first-order valence-corrected chi connectivity index (χ1v) is 5.45. The molecule has 2 N–H and O–H groups in total. The highest BCUT2D eigenvalue weighted by atomic mass is 14.9. The second-order valence-electron chi connectivity index (χ2n) is 3.90. The number of nitrogens with zero attached hydrogens (tertiary/aromatic N) is 1. The highest BCUT2D eigenvalue weighted by molar-refractivity contribution is 5.79. The van der Waals surface area contributed by atoms with Crippen LogP contribution in [0.15, 0.2) is 24.5 Å². The van der Waals surface area contributed by atoms with Crippen LogP contribution in [0.1, 0.15) is 25.8 Å². The van der Waals surface area contributed by atoms with Gasteiger partial charge in [-0.15, -0.1) is 0 Å². The zero-order valence-corrected chi connectivity index (χ0v) is 9.25. The van der Waals surface area contributed by atoms with E-state index in [2.05, 4.69) is 35.2 Å². The van der Waals surface area contributed by atoms with E-state index in [1.165, 1.54) is 10.9 Å². The van der Waals surface area contributed by atoms with Crippen LogP contribution in [-0.2, 0) is 6.54 Å². The first kappa shape index (κ1) is 10.2. The molecule has 0 aliphatic carbocycles. The van der Waals surface area contributed by atoms with Crippen LogP contribution in [-0.4, -0.2) is 16.0 Å². The number of hydrogen-bond donors (Lipinski definition) is 2. The Balaban J connectivity index is 2.14. The maximum absolute atomic E-state index is 4.27. The Hall–Kier alpha value is -1.35. The van der Waals surface area contributed by atoms with Crippen LogP contribution in [0.4, 0.5) is 0 Å². The highest BCUT2D eigenvalue weighted by Gasteiger charge is 2.04. The molecule has 0 spiro atoms. The molecule has 0 saturated carbocycles. The van der Waals surface area contributed by atoms with Gasteiger partial charge in [0.1, 0.15) is 5.65 Å². The van der Waals surface area contributed by atoms with Gasteiger partial charge in [0.25, 0.3) is 0 Å². The van der Waals surface area contributed by atoms with Crippen molar-refractivity contribution in [2.75, 3.05) is 0 Å². The van der Waals surface area contributed by atoms with Crippen molar-refractivity contribution in [2.24, 2.45) is 0 Å². The third-order valence-electron chi connectivity index (χ3n) is 2.79. The van der Waals surface area contributed by atoms with E-state index in [-0.39, 0.29) is 0 Å². The van der Waals surface area contributed by atoms with Gasteiger partial charge >= 0.3 is 0 Å². The number of nitrogens with one attached hydrogen (secondary N) is 2. The predicted molar refractivity (Wildman–Crippen MR) is 62.7 cm³/mol. The van der Waals surface area contributed by atoms with Crippen LogP contribution in [0.3, 0.4) is 0 Å². The van der Waals surface area contributed by atoms with E-state index in [0.29, 0.717) is 6.04 Å². The average Bonchev–Trinajstić information content (AvgIpc) is 2.69.